The molecule has 1 aromatic heterocycles. The van der Waals surface area contributed by atoms with Crippen molar-refractivity contribution in [3.8, 4) is 11.6 Å². The summed E-state index contributed by atoms with van der Waals surface area (Å²) >= 11 is 6.17. The van der Waals surface area contributed by atoms with Crippen LogP contribution in [0.15, 0.2) is 18.2 Å². The molecule has 0 fully saturated rings. The largest absolute Gasteiger partial charge is 0.438 e. The van der Waals surface area contributed by atoms with Crippen LogP contribution in [0, 0.1) is 13.8 Å². The first-order chi connectivity index (χ1) is 9.92. The zero-order chi connectivity index (χ0) is 15.6. The summed E-state index contributed by atoms with van der Waals surface area (Å²) in [6, 6.07) is 6.24. The third-order valence-corrected chi connectivity index (χ3v) is 3.77. The fourth-order valence-corrected chi connectivity index (χ4v) is 2.26. The number of hydrogen-bond acceptors (Lipinski definition) is 3. The number of aryl methyl sites for hydroxylation is 2. The molecule has 0 saturated heterocycles. The maximum Gasteiger partial charge on any atom is 0.227 e. The molecular weight excluding hydrogens is 284 g/mol. The highest BCUT2D eigenvalue weighted by Gasteiger charge is 2.14. The van der Waals surface area contributed by atoms with Crippen LogP contribution in [0.25, 0.3) is 0 Å². The van der Waals surface area contributed by atoms with Gasteiger partial charge in [0.1, 0.15) is 16.7 Å². The smallest absolute Gasteiger partial charge is 0.227 e. The molecule has 0 spiro atoms. The Morgan fingerprint density at radius 1 is 1.19 bits per heavy atom. The topological polar surface area (TPSA) is 35.0 Å². The first-order valence-corrected chi connectivity index (χ1v) is 7.61. The van der Waals surface area contributed by atoms with E-state index in [0.717, 1.165) is 28.9 Å². The molecule has 0 aliphatic carbocycles. The fraction of sp³-hybridized carbons (Fsp3) is 0.412. The Bertz CT molecular complexity index is 653. The Hall–Kier alpha value is -1.61. The van der Waals surface area contributed by atoms with Crippen molar-refractivity contribution in [1.29, 1.82) is 0 Å². The molecule has 3 nitrogen and oxygen atoms in total. The molecule has 0 aliphatic heterocycles. The summed E-state index contributed by atoms with van der Waals surface area (Å²) in [7, 11) is 0. The third kappa shape index (κ3) is 3.53. The Labute approximate surface area is 131 Å². The molecule has 0 aliphatic rings. The highest BCUT2D eigenvalue weighted by Crippen LogP contribution is 2.33. The average molecular weight is 305 g/mol. The molecular formula is C17H21ClN2O. The van der Waals surface area contributed by atoms with Crippen LogP contribution in [0.2, 0.25) is 5.15 Å². The lowest BCUT2D eigenvalue weighted by Crippen LogP contribution is -2.02. The van der Waals surface area contributed by atoms with Crippen LogP contribution in [0.5, 0.6) is 11.6 Å². The first kappa shape index (κ1) is 15.8. The fourth-order valence-electron chi connectivity index (χ4n) is 2.08. The highest BCUT2D eigenvalue weighted by molar-refractivity contribution is 6.30. The summed E-state index contributed by atoms with van der Waals surface area (Å²) in [6.45, 7) is 10.2. The van der Waals surface area contributed by atoms with Crippen LogP contribution < -0.4 is 4.74 Å². The zero-order valence-corrected chi connectivity index (χ0v) is 14.0. The monoisotopic (exact) mass is 304 g/mol. The highest BCUT2D eigenvalue weighted by atomic mass is 35.5. The molecule has 2 rings (SSSR count). The van der Waals surface area contributed by atoms with Crippen LogP contribution >= 0.6 is 11.6 Å². The van der Waals surface area contributed by atoms with Crippen LogP contribution in [-0.4, -0.2) is 9.97 Å². The van der Waals surface area contributed by atoms with E-state index >= 15 is 0 Å². The summed E-state index contributed by atoms with van der Waals surface area (Å²) in [6.07, 6.45) is 0.723. The van der Waals surface area contributed by atoms with E-state index in [4.69, 9.17) is 16.3 Å². The van der Waals surface area contributed by atoms with Crippen LogP contribution in [-0.2, 0) is 6.42 Å². The molecule has 0 amide bonds. The number of halogens is 1. The van der Waals surface area contributed by atoms with E-state index in [-0.39, 0.29) is 0 Å². The van der Waals surface area contributed by atoms with Gasteiger partial charge in [-0.25, -0.2) is 4.98 Å². The predicted molar refractivity (Wildman–Crippen MR) is 86.5 cm³/mol. The van der Waals surface area contributed by atoms with Gasteiger partial charge in [0.15, 0.2) is 0 Å². The first-order valence-electron chi connectivity index (χ1n) is 7.23. The van der Waals surface area contributed by atoms with Crippen molar-refractivity contribution in [3.63, 3.8) is 0 Å². The van der Waals surface area contributed by atoms with Crippen molar-refractivity contribution in [1.82, 2.24) is 9.97 Å². The molecule has 0 radical (unpaired) electrons. The summed E-state index contributed by atoms with van der Waals surface area (Å²) in [4.78, 5) is 8.70. The van der Waals surface area contributed by atoms with Crippen LogP contribution in [0.3, 0.4) is 0 Å². The standard InChI is InChI=1S/C17H21ClN2O/c1-6-15-19-16(18)12(5)17(20-15)21-14-9-11(4)7-8-13(14)10(2)3/h7-10H,6H2,1-5H3. The lowest BCUT2D eigenvalue weighted by Gasteiger charge is -2.16. The second-order valence-corrected chi connectivity index (χ2v) is 5.87. The van der Waals surface area contributed by atoms with Crippen LogP contribution in [0.4, 0.5) is 0 Å². The van der Waals surface area contributed by atoms with Gasteiger partial charge >= 0.3 is 0 Å². The van der Waals surface area contributed by atoms with Crippen molar-refractivity contribution in [2.75, 3.05) is 0 Å². The normalized spacial score (nSPS) is 11.0. The molecule has 0 atom stereocenters. The second-order valence-electron chi connectivity index (χ2n) is 5.51. The van der Waals surface area contributed by atoms with E-state index in [1.807, 2.05) is 26.8 Å². The van der Waals surface area contributed by atoms with Gasteiger partial charge in [-0.05, 0) is 37.0 Å². The SMILES string of the molecule is CCc1nc(Cl)c(C)c(Oc2cc(C)ccc2C(C)C)n1. The summed E-state index contributed by atoms with van der Waals surface area (Å²) in [5.41, 5.74) is 3.08. The summed E-state index contributed by atoms with van der Waals surface area (Å²) < 4.78 is 6.07. The second kappa shape index (κ2) is 6.44. The third-order valence-electron chi connectivity index (χ3n) is 3.40. The van der Waals surface area contributed by atoms with Crippen molar-refractivity contribution >= 4 is 11.6 Å². The average Bonchev–Trinajstić information content (AvgIpc) is 2.43. The Morgan fingerprint density at radius 2 is 1.90 bits per heavy atom. The number of ether oxygens (including phenoxy) is 1. The van der Waals surface area contributed by atoms with E-state index in [9.17, 15) is 0 Å². The van der Waals surface area contributed by atoms with Gasteiger partial charge in [0, 0.05) is 12.0 Å². The van der Waals surface area contributed by atoms with Crippen molar-refractivity contribution in [2.24, 2.45) is 0 Å². The molecule has 0 bridgehead atoms. The molecule has 1 aromatic carbocycles. The van der Waals surface area contributed by atoms with Gasteiger partial charge in [-0.1, -0.05) is 44.5 Å². The lowest BCUT2D eigenvalue weighted by atomic mass is 10.0. The number of aromatic nitrogens is 2. The maximum atomic E-state index is 6.17. The van der Waals surface area contributed by atoms with E-state index < -0.39 is 0 Å². The predicted octanol–water partition coefficient (Wildman–Crippen LogP) is 5.22. The number of rotatable bonds is 4. The molecule has 112 valence electrons. The van der Waals surface area contributed by atoms with Gasteiger partial charge in [0.05, 0.1) is 0 Å². The number of nitrogens with zero attached hydrogens (tertiary/aromatic N) is 2. The van der Waals surface area contributed by atoms with Gasteiger partial charge < -0.3 is 4.74 Å². The van der Waals surface area contributed by atoms with E-state index in [1.165, 1.54) is 0 Å². The van der Waals surface area contributed by atoms with Gasteiger partial charge in [0.25, 0.3) is 0 Å². The number of hydrogen-bond donors (Lipinski definition) is 0. The molecule has 4 heteroatoms. The van der Waals surface area contributed by atoms with Gasteiger partial charge in [-0.2, -0.15) is 4.98 Å². The lowest BCUT2D eigenvalue weighted by molar-refractivity contribution is 0.446. The molecule has 2 aromatic rings. The van der Waals surface area contributed by atoms with Gasteiger partial charge in [-0.15, -0.1) is 0 Å². The minimum absolute atomic E-state index is 0.379. The van der Waals surface area contributed by atoms with E-state index in [1.54, 1.807) is 0 Å². The minimum atomic E-state index is 0.379. The number of benzene rings is 1. The molecule has 0 saturated carbocycles. The van der Waals surface area contributed by atoms with Crippen LogP contribution in [0.1, 0.15) is 49.2 Å². The molecule has 0 unspecified atom stereocenters. The van der Waals surface area contributed by atoms with Crippen molar-refractivity contribution in [3.05, 3.63) is 45.9 Å². The summed E-state index contributed by atoms with van der Waals surface area (Å²) in [5.74, 6) is 2.45. The van der Waals surface area contributed by atoms with Gasteiger partial charge in [-0.3, -0.25) is 0 Å². The molecule has 0 N–H and O–H groups in total. The maximum absolute atomic E-state index is 6.17. The van der Waals surface area contributed by atoms with Crippen molar-refractivity contribution in [2.45, 2.75) is 47.0 Å². The zero-order valence-electron chi connectivity index (χ0n) is 13.2. The Balaban J connectivity index is 2.47. The minimum Gasteiger partial charge on any atom is -0.438 e. The molecule has 21 heavy (non-hydrogen) atoms. The molecule has 1 heterocycles. The van der Waals surface area contributed by atoms with E-state index in [0.29, 0.717) is 22.8 Å². The Kier molecular flexibility index (Phi) is 4.84. The Morgan fingerprint density at radius 3 is 2.52 bits per heavy atom. The van der Waals surface area contributed by atoms with E-state index in [2.05, 4.69) is 35.9 Å². The summed E-state index contributed by atoms with van der Waals surface area (Å²) in [5, 5.41) is 0.454. The quantitative estimate of drug-likeness (QED) is 0.726. The van der Waals surface area contributed by atoms with Gasteiger partial charge in [0.2, 0.25) is 5.88 Å². The van der Waals surface area contributed by atoms with Crippen molar-refractivity contribution < 1.29 is 4.74 Å².